The van der Waals surface area contributed by atoms with Crippen LogP contribution in [-0.4, -0.2) is 36.3 Å². The summed E-state index contributed by atoms with van der Waals surface area (Å²) in [4.78, 5) is 22.4. The van der Waals surface area contributed by atoms with Crippen LogP contribution >= 0.6 is 31.6 Å². The van der Waals surface area contributed by atoms with E-state index in [-0.39, 0.29) is 26.7 Å². The van der Waals surface area contributed by atoms with Crippen LogP contribution in [0.1, 0.15) is 32.6 Å². The first-order valence-electron chi connectivity index (χ1n) is 8.58. The predicted octanol–water partition coefficient (Wildman–Crippen LogP) is 2.52. The molecule has 0 spiro atoms. The molecule has 1 unspecified atom stereocenters. The van der Waals surface area contributed by atoms with Gasteiger partial charge in [-0.2, -0.15) is 2.90 Å². The summed E-state index contributed by atoms with van der Waals surface area (Å²) in [5, 5.41) is 20.2. The number of carbonyl (C=O) groups is 2. The highest BCUT2D eigenvalue weighted by Gasteiger charge is 2.28. The first kappa shape index (κ1) is 20.0. The zero-order chi connectivity index (χ0) is 19.4. The lowest BCUT2D eigenvalue weighted by Gasteiger charge is -2.27. The summed E-state index contributed by atoms with van der Waals surface area (Å²) in [7, 11) is 0.0720. The van der Waals surface area contributed by atoms with Gasteiger partial charge in [0.2, 0.25) is 5.91 Å². The number of carboxylic acid groups (broad SMARTS) is 1. The van der Waals surface area contributed by atoms with E-state index in [9.17, 15) is 14.7 Å². The minimum Gasteiger partial charge on any atom is -0.490 e. The predicted molar refractivity (Wildman–Crippen MR) is 111 cm³/mol. The Balaban J connectivity index is 1.69. The number of ether oxygens (including phenoxy) is 1. The van der Waals surface area contributed by atoms with Crippen LogP contribution in [0.15, 0.2) is 24.3 Å². The maximum absolute atomic E-state index is 11.2. The summed E-state index contributed by atoms with van der Waals surface area (Å²) in [6.45, 7) is 1.47. The molecule has 2 N–H and O–H groups in total. The lowest BCUT2D eigenvalue weighted by atomic mass is 9.87. The van der Waals surface area contributed by atoms with Crippen LogP contribution in [-0.2, 0) is 9.59 Å². The summed E-state index contributed by atoms with van der Waals surface area (Å²) in [6, 6.07) is 7.51. The van der Waals surface area contributed by atoms with Gasteiger partial charge in [0, 0.05) is 21.2 Å². The Hall–Kier alpha value is -1.74. The van der Waals surface area contributed by atoms with Crippen LogP contribution in [0, 0.1) is 5.92 Å². The minimum absolute atomic E-state index is 0.0715. The second-order valence-electron chi connectivity index (χ2n) is 6.42. The van der Waals surface area contributed by atoms with Gasteiger partial charge in [0.05, 0.1) is 34.9 Å². The Morgan fingerprint density at radius 2 is 2.07 bits per heavy atom. The van der Waals surface area contributed by atoms with Crippen molar-refractivity contribution in [1.82, 2.24) is 18.3 Å². The molecule has 0 aliphatic heterocycles. The highest BCUT2D eigenvalue weighted by molar-refractivity contribution is 14.1. The van der Waals surface area contributed by atoms with Crippen molar-refractivity contribution in [2.75, 3.05) is 0 Å². The Bertz CT molecular complexity index is 827. The van der Waals surface area contributed by atoms with Gasteiger partial charge < -0.3 is 14.9 Å². The second kappa shape index (κ2) is 8.97. The van der Waals surface area contributed by atoms with E-state index in [1.54, 1.807) is 2.90 Å². The number of amides is 1. The average Bonchev–Trinajstić information content (AvgIpc) is 3.01. The SMILES string of the molecule is CC(=O)NPc1c(-c2ccc(O[C@H]3CCC[C@H](C(=O)O)C3)cc2)nnn1I. The Morgan fingerprint density at radius 1 is 1.33 bits per heavy atom. The van der Waals surface area contributed by atoms with E-state index in [2.05, 4.69) is 15.4 Å². The average molecular weight is 502 g/mol. The van der Waals surface area contributed by atoms with Gasteiger partial charge in [-0.15, -0.1) is 5.10 Å². The molecule has 1 aliphatic carbocycles. The molecule has 1 amide bonds. The van der Waals surface area contributed by atoms with Crippen LogP contribution < -0.4 is 15.3 Å². The third-order valence-electron chi connectivity index (χ3n) is 4.39. The smallest absolute Gasteiger partial charge is 0.306 e. The second-order valence-corrected chi connectivity index (χ2v) is 8.31. The molecule has 1 aromatic heterocycles. The number of hydrogen-bond donors (Lipinski definition) is 2. The zero-order valence-electron chi connectivity index (χ0n) is 14.7. The van der Waals surface area contributed by atoms with E-state index < -0.39 is 5.97 Å². The molecule has 1 fully saturated rings. The normalized spacial score (nSPS) is 19.9. The number of benzene rings is 1. The van der Waals surface area contributed by atoms with Gasteiger partial charge in [-0.3, -0.25) is 9.59 Å². The van der Waals surface area contributed by atoms with E-state index in [0.29, 0.717) is 17.9 Å². The summed E-state index contributed by atoms with van der Waals surface area (Å²) < 4.78 is 7.60. The van der Waals surface area contributed by atoms with Crippen molar-refractivity contribution in [2.24, 2.45) is 5.92 Å². The van der Waals surface area contributed by atoms with Crippen LogP contribution in [0.4, 0.5) is 0 Å². The Labute approximate surface area is 172 Å². The lowest BCUT2D eigenvalue weighted by Crippen LogP contribution is -2.29. The monoisotopic (exact) mass is 502 g/mol. The largest absolute Gasteiger partial charge is 0.490 e. The van der Waals surface area contributed by atoms with Gasteiger partial charge in [-0.05, 0) is 49.9 Å². The summed E-state index contributed by atoms with van der Waals surface area (Å²) in [5.41, 5.74) is 2.42. The van der Waals surface area contributed by atoms with E-state index in [1.807, 2.05) is 47.1 Å². The van der Waals surface area contributed by atoms with Gasteiger partial charge >= 0.3 is 5.97 Å². The molecule has 27 heavy (non-hydrogen) atoms. The number of carbonyl (C=O) groups excluding carboxylic acids is 1. The molecule has 8 nitrogen and oxygen atoms in total. The van der Waals surface area contributed by atoms with Crippen LogP contribution in [0.2, 0.25) is 0 Å². The number of nitrogens with zero attached hydrogens (tertiary/aromatic N) is 3. The van der Waals surface area contributed by atoms with Crippen LogP contribution in [0.5, 0.6) is 5.75 Å². The number of rotatable bonds is 6. The fourth-order valence-corrected chi connectivity index (χ4v) is 4.50. The van der Waals surface area contributed by atoms with Crippen molar-refractivity contribution in [3.8, 4) is 17.0 Å². The third kappa shape index (κ3) is 5.16. The number of aliphatic carboxylic acids is 1. The first-order valence-corrected chi connectivity index (χ1v) is 10.5. The Morgan fingerprint density at radius 3 is 2.74 bits per heavy atom. The number of aromatic nitrogens is 3. The molecule has 0 saturated heterocycles. The molecular weight excluding hydrogens is 482 g/mol. The fraction of sp³-hybridized carbons (Fsp3) is 0.412. The topological polar surface area (TPSA) is 106 Å². The van der Waals surface area contributed by atoms with Crippen LogP contribution in [0.25, 0.3) is 11.3 Å². The molecule has 1 heterocycles. The van der Waals surface area contributed by atoms with E-state index in [1.165, 1.54) is 6.92 Å². The number of halogens is 1. The van der Waals surface area contributed by atoms with Gasteiger partial charge in [-0.25, -0.2) is 0 Å². The van der Waals surface area contributed by atoms with Crippen molar-refractivity contribution in [1.29, 1.82) is 0 Å². The molecule has 1 aliphatic rings. The first-order chi connectivity index (χ1) is 12.9. The number of carboxylic acids is 1. The standard InChI is InChI=1S/C17H20IN4O4P/c1-10(23)20-27-16-15(19-21-22(16)18)11-5-7-13(8-6-11)26-14-4-2-3-12(9-14)17(24)25/h5-8,12,14,27H,2-4,9H2,1H3,(H,20,23)(H,24,25)/t12-,14-/m0/s1. The summed E-state index contributed by atoms with van der Waals surface area (Å²) >= 11 is 2.03. The molecule has 3 atom stereocenters. The highest BCUT2D eigenvalue weighted by Crippen LogP contribution is 2.29. The van der Waals surface area contributed by atoms with Crippen molar-refractivity contribution in [2.45, 2.75) is 38.7 Å². The summed E-state index contributed by atoms with van der Waals surface area (Å²) in [6.07, 6.45) is 2.93. The maximum Gasteiger partial charge on any atom is 0.306 e. The molecule has 10 heteroatoms. The zero-order valence-corrected chi connectivity index (χ0v) is 17.8. The molecule has 1 saturated carbocycles. The number of nitrogens with one attached hydrogen (secondary N) is 1. The number of hydrogen-bond acceptors (Lipinski definition) is 5. The van der Waals surface area contributed by atoms with E-state index >= 15 is 0 Å². The molecular formula is C17H20IN4O4P. The van der Waals surface area contributed by atoms with Gasteiger partial charge in [0.1, 0.15) is 16.9 Å². The Kier molecular flexibility index (Phi) is 6.64. The third-order valence-corrected chi connectivity index (χ3v) is 6.69. The summed E-state index contributed by atoms with van der Waals surface area (Å²) in [5.74, 6) is -0.456. The van der Waals surface area contributed by atoms with Crippen molar-refractivity contribution in [3.63, 3.8) is 0 Å². The van der Waals surface area contributed by atoms with Gasteiger partial charge in [-0.1, -0.05) is 5.21 Å². The van der Waals surface area contributed by atoms with Gasteiger partial charge in [0.15, 0.2) is 0 Å². The van der Waals surface area contributed by atoms with Crippen molar-refractivity contribution in [3.05, 3.63) is 24.3 Å². The quantitative estimate of drug-likeness (QED) is 0.465. The van der Waals surface area contributed by atoms with E-state index in [4.69, 9.17) is 4.74 Å². The molecule has 144 valence electrons. The van der Waals surface area contributed by atoms with Gasteiger partial charge in [0.25, 0.3) is 0 Å². The maximum atomic E-state index is 11.2. The highest BCUT2D eigenvalue weighted by atomic mass is 127. The molecule has 2 aromatic rings. The fourth-order valence-electron chi connectivity index (χ4n) is 3.07. The van der Waals surface area contributed by atoms with Crippen molar-refractivity contribution < 1.29 is 19.4 Å². The molecule has 3 rings (SSSR count). The minimum atomic E-state index is -0.743. The van der Waals surface area contributed by atoms with E-state index in [0.717, 1.165) is 30.3 Å². The van der Waals surface area contributed by atoms with Crippen molar-refractivity contribution >= 4 is 48.9 Å². The molecule has 1 aromatic carbocycles. The lowest BCUT2D eigenvalue weighted by molar-refractivity contribution is -0.143. The molecule has 0 bridgehead atoms. The molecule has 0 radical (unpaired) electrons. The van der Waals surface area contributed by atoms with Crippen LogP contribution in [0.3, 0.4) is 0 Å².